The Hall–Kier alpha value is -2.94. The predicted octanol–water partition coefficient (Wildman–Crippen LogP) is 5.01. The number of aryl methyl sites for hydroxylation is 1. The van der Waals surface area contributed by atoms with Crippen molar-refractivity contribution in [2.24, 2.45) is 0 Å². The van der Waals surface area contributed by atoms with Crippen LogP contribution in [0.4, 0.5) is 0 Å². The topological polar surface area (TPSA) is 30.7 Å². The van der Waals surface area contributed by atoms with E-state index in [-0.39, 0.29) is 0 Å². The standard InChI is InChI=1S/C20H19N3/c1-4-5-6-9-16(3)23-19-12-11-15(2)14-18(19)22-20(23)17-10-7-8-13-21-17/h4-14H,1H2,2-3H3/b6-5-,16-9+. The third-order valence-corrected chi connectivity index (χ3v) is 3.64. The number of pyridine rings is 1. The van der Waals surface area contributed by atoms with E-state index in [9.17, 15) is 0 Å². The molecule has 3 rings (SSSR count). The molecule has 0 amide bonds. The quantitative estimate of drug-likeness (QED) is 0.634. The number of rotatable bonds is 4. The summed E-state index contributed by atoms with van der Waals surface area (Å²) in [4.78, 5) is 9.27. The van der Waals surface area contributed by atoms with E-state index in [0.29, 0.717) is 0 Å². The molecule has 2 heterocycles. The van der Waals surface area contributed by atoms with Crippen LogP contribution in [-0.4, -0.2) is 14.5 Å². The van der Waals surface area contributed by atoms with Gasteiger partial charge in [-0.2, -0.15) is 0 Å². The molecule has 2 aromatic heterocycles. The van der Waals surface area contributed by atoms with Crippen LogP contribution in [0.1, 0.15) is 12.5 Å². The first-order chi connectivity index (χ1) is 11.2. The van der Waals surface area contributed by atoms with Gasteiger partial charge in [0.2, 0.25) is 0 Å². The molecule has 0 unspecified atom stereocenters. The van der Waals surface area contributed by atoms with E-state index in [4.69, 9.17) is 4.98 Å². The number of aromatic nitrogens is 3. The number of hydrogen-bond acceptors (Lipinski definition) is 2. The van der Waals surface area contributed by atoms with Crippen molar-refractivity contribution in [3.63, 3.8) is 0 Å². The molecular weight excluding hydrogens is 282 g/mol. The summed E-state index contributed by atoms with van der Waals surface area (Å²) in [6, 6.07) is 12.2. The van der Waals surface area contributed by atoms with Gasteiger partial charge in [-0.25, -0.2) is 4.98 Å². The molecule has 3 nitrogen and oxygen atoms in total. The van der Waals surface area contributed by atoms with E-state index in [0.717, 1.165) is 28.2 Å². The predicted molar refractivity (Wildman–Crippen MR) is 97.0 cm³/mol. The summed E-state index contributed by atoms with van der Waals surface area (Å²) < 4.78 is 2.14. The summed E-state index contributed by atoms with van der Waals surface area (Å²) in [6.45, 7) is 7.85. The summed E-state index contributed by atoms with van der Waals surface area (Å²) in [6.07, 6.45) is 9.49. The van der Waals surface area contributed by atoms with Gasteiger partial charge in [-0.05, 0) is 49.8 Å². The second kappa shape index (κ2) is 6.44. The van der Waals surface area contributed by atoms with E-state index >= 15 is 0 Å². The zero-order valence-electron chi connectivity index (χ0n) is 13.4. The van der Waals surface area contributed by atoms with Crippen molar-refractivity contribution < 1.29 is 0 Å². The Bertz CT molecular complexity index is 899. The number of nitrogens with zero attached hydrogens (tertiary/aromatic N) is 3. The van der Waals surface area contributed by atoms with Gasteiger partial charge in [-0.3, -0.25) is 9.55 Å². The van der Waals surface area contributed by atoms with E-state index in [2.05, 4.69) is 54.3 Å². The fourth-order valence-electron chi connectivity index (χ4n) is 2.56. The third kappa shape index (κ3) is 2.99. The molecule has 0 atom stereocenters. The molecule has 1 aromatic carbocycles. The monoisotopic (exact) mass is 301 g/mol. The van der Waals surface area contributed by atoms with Gasteiger partial charge in [-0.15, -0.1) is 0 Å². The lowest BCUT2D eigenvalue weighted by Gasteiger charge is -2.08. The molecule has 0 aliphatic heterocycles. The SMILES string of the molecule is C=C/C=C\C=C(/C)n1c(-c2ccccn2)nc2cc(C)ccc21. The highest BCUT2D eigenvalue weighted by atomic mass is 15.1. The molecule has 0 aliphatic carbocycles. The Balaban J connectivity index is 2.26. The highest BCUT2D eigenvalue weighted by Crippen LogP contribution is 2.27. The Morgan fingerprint density at radius 3 is 2.78 bits per heavy atom. The van der Waals surface area contributed by atoms with Gasteiger partial charge in [0.15, 0.2) is 5.82 Å². The van der Waals surface area contributed by atoms with Gasteiger partial charge >= 0.3 is 0 Å². The van der Waals surface area contributed by atoms with Crippen molar-refractivity contribution in [2.75, 3.05) is 0 Å². The summed E-state index contributed by atoms with van der Waals surface area (Å²) in [7, 11) is 0. The number of allylic oxidation sites excluding steroid dienone is 5. The van der Waals surface area contributed by atoms with E-state index in [1.165, 1.54) is 5.56 Å². The molecule has 0 bridgehead atoms. The lowest BCUT2D eigenvalue weighted by Crippen LogP contribution is -1.98. The maximum Gasteiger partial charge on any atom is 0.164 e. The Morgan fingerprint density at radius 2 is 2.04 bits per heavy atom. The number of imidazole rings is 1. The van der Waals surface area contributed by atoms with Gasteiger partial charge in [0.1, 0.15) is 5.69 Å². The minimum absolute atomic E-state index is 0.854. The Kier molecular flexibility index (Phi) is 4.20. The number of fused-ring (bicyclic) bond motifs is 1. The molecule has 114 valence electrons. The minimum Gasteiger partial charge on any atom is -0.295 e. The zero-order chi connectivity index (χ0) is 16.2. The number of benzene rings is 1. The lowest BCUT2D eigenvalue weighted by molar-refractivity contribution is 1.10. The lowest BCUT2D eigenvalue weighted by atomic mass is 10.2. The smallest absolute Gasteiger partial charge is 0.164 e. The van der Waals surface area contributed by atoms with Gasteiger partial charge in [0, 0.05) is 11.9 Å². The van der Waals surface area contributed by atoms with Crippen LogP contribution in [0.3, 0.4) is 0 Å². The second-order valence-electron chi connectivity index (χ2n) is 5.41. The van der Waals surface area contributed by atoms with E-state index < -0.39 is 0 Å². The molecule has 0 aliphatic rings. The van der Waals surface area contributed by atoms with Crippen LogP contribution in [0.5, 0.6) is 0 Å². The third-order valence-electron chi connectivity index (χ3n) is 3.64. The van der Waals surface area contributed by atoms with Gasteiger partial charge in [0.05, 0.1) is 11.0 Å². The van der Waals surface area contributed by atoms with Crippen LogP contribution >= 0.6 is 0 Å². The largest absolute Gasteiger partial charge is 0.295 e. The molecule has 3 heteroatoms. The highest BCUT2D eigenvalue weighted by Gasteiger charge is 2.14. The van der Waals surface area contributed by atoms with Crippen LogP contribution in [-0.2, 0) is 0 Å². The molecule has 0 saturated heterocycles. The van der Waals surface area contributed by atoms with Crippen molar-refractivity contribution in [3.05, 3.63) is 79.0 Å². The van der Waals surface area contributed by atoms with Crippen molar-refractivity contribution in [2.45, 2.75) is 13.8 Å². The van der Waals surface area contributed by atoms with Crippen molar-refractivity contribution in [1.29, 1.82) is 0 Å². The Morgan fingerprint density at radius 1 is 1.17 bits per heavy atom. The molecule has 0 spiro atoms. The molecule has 0 N–H and O–H groups in total. The molecular formula is C20H19N3. The van der Waals surface area contributed by atoms with Gasteiger partial charge in [0.25, 0.3) is 0 Å². The normalized spacial score (nSPS) is 12.2. The number of hydrogen-bond donors (Lipinski definition) is 0. The Labute approximate surface area is 136 Å². The molecule has 0 saturated carbocycles. The van der Waals surface area contributed by atoms with E-state index in [1.807, 2.05) is 30.4 Å². The summed E-state index contributed by atoms with van der Waals surface area (Å²) >= 11 is 0. The minimum atomic E-state index is 0.854. The summed E-state index contributed by atoms with van der Waals surface area (Å²) in [5.41, 5.74) is 5.20. The zero-order valence-corrected chi connectivity index (χ0v) is 13.4. The molecule has 0 radical (unpaired) electrons. The highest BCUT2D eigenvalue weighted by molar-refractivity contribution is 5.85. The first-order valence-electron chi connectivity index (χ1n) is 7.57. The molecule has 23 heavy (non-hydrogen) atoms. The fourth-order valence-corrected chi connectivity index (χ4v) is 2.56. The van der Waals surface area contributed by atoms with Gasteiger partial charge in [-0.1, -0.05) is 36.9 Å². The van der Waals surface area contributed by atoms with Crippen LogP contribution in [0.15, 0.2) is 73.5 Å². The van der Waals surface area contributed by atoms with Crippen molar-refractivity contribution >= 4 is 16.7 Å². The summed E-state index contributed by atoms with van der Waals surface area (Å²) in [5, 5.41) is 0. The molecule has 3 aromatic rings. The maximum absolute atomic E-state index is 4.81. The van der Waals surface area contributed by atoms with Gasteiger partial charge < -0.3 is 0 Å². The van der Waals surface area contributed by atoms with Crippen LogP contribution in [0.25, 0.3) is 28.2 Å². The maximum atomic E-state index is 4.81. The van der Waals surface area contributed by atoms with E-state index in [1.54, 1.807) is 12.3 Å². The average molecular weight is 301 g/mol. The first-order valence-corrected chi connectivity index (χ1v) is 7.57. The fraction of sp³-hybridized carbons (Fsp3) is 0.100. The van der Waals surface area contributed by atoms with Crippen molar-refractivity contribution in [3.8, 4) is 11.5 Å². The molecule has 0 fully saturated rings. The first kappa shape index (κ1) is 15.0. The van der Waals surface area contributed by atoms with Crippen LogP contribution in [0.2, 0.25) is 0 Å². The van der Waals surface area contributed by atoms with Crippen LogP contribution < -0.4 is 0 Å². The van der Waals surface area contributed by atoms with Crippen LogP contribution in [0, 0.1) is 6.92 Å². The average Bonchev–Trinajstić information content (AvgIpc) is 2.94. The van der Waals surface area contributed by atoms with Crippen molar-refractivity contribution in [1.82, 2.24) is 14.5 Å². The summed E-state index contributed by atoms with van der Waals surface area (Å²) in [5.74, 6) is 0.854. The second-order valence-corrected chi connectivity index (χ2v) is 5.41.